The predicted molar refractivity (Wildman–Crippen MR) is 77.0 cm³/mol. The van der Waals surface area contributed by atoms with Crippen LogP contribution < -0.4 is 10.0 Å². The average molecular weight is 282 g/mol. The molecule has 1 aliphatic heterocycles. The zero-order chi connectivity index (χ0) is 14.2. The molecule has 2 N–H and O–H groups in total. The van der Waals surface area contributed by atoms with Crippen molar-refractivity contribution in [3.8, 4) is 0 Å². The molecule has 1 unspecified atom stereocenters. The second-order valence-electron chi connectivity index (χ2n) is 5.40. The smallest absolute Gasteiger partial charge is 0.241 e. The molecular weight excluding hydrogens is 260 g/mol. The van der Waals surface area contributed by atoms with E-state index in [1.807, 2.05) is 33.8 Å². The van der Waals surface area contributed by atoms with Crippen molar-refractivity contribution in [2.75, 3.05) is 13.1 Å². The van der Waals surface area contributed by atoms with E-state index in [4.69, 9.17) is 0 Å². The Morgan fingerprint density at radius 1 is 1.16 bits per heavy atom. The summed E-state index contributed by atoms with van der Waals surface area (Å²) in [6.07, 6.45) is 0.849. The molecule has 0 aromatic heterocycles. The third-order valence-electron chi connectivity index (χ3n) is 3.95. The lowest BCUT2D eigenvalue weighted by Gasteiger charge is -2.18. The van der Waals surface area contributed by atoms with E-state index < -0.39 is 10.0 Å². The van der Waals surface area contributed by atoms with Gasteiger partial charge in [-0.15, -0.1) is 0 Å². The Hall–Kier alpha value is -0.910. The number of aryl methyl sites for hydroxylation is 2. The maximum atomic E-state index is 12.6. The summed E-state index contributed by atoms with van der Waals surface area (Å²) >= 11 is 0. The zero-order valence-electron chi connectivity index (χ0n) is 12.0. The lowest BCUT2D eigenvalue weighted by molar-refractivity contribution is 0.558. The van der Waals surface area contributed by atoms with Gasteiger partial charge in [-0.25, -0.2) is 13.1 Å². The second-order valence-corrected chi connectivity index (χ2v) is 7.05. The quantitative estimate of drug-likeness (QED) is 0.884. The van der Waals surface area contributed by atoms with Gasteiger partial charge in [0.25, 0.3) is 0 Å². The van der Waals surface area contributed by atoms with Gasteiger partial charge in [-0.1, -0.05) is 6.07 Å². The fourth-order valence-corrected chi connectivity index (χ4v) is 4.50. The van der Waals surface area contributed by atoms with E-state index in [2.05, 4.69) is 10.0 Å². The highest BCUT2D eigenvalue weighted by Crippen LogP contribution is 2.26. The van der Waals surface area contributed by atoms with Gasteiger partial charge in [-0.3, -0.25) is 0 Å². The lowest BCUT2D eigenvalue weighted by atomic mass is 10.0. The molecule has 0 saturated carbocycles. The van der Waals surface area contributed by atoms with Gasteiger partial charge in [-0.05, 0) is 62.9 Å². The first-order chi connectivity index (χ1) is 8.83. The molecule has 1 saturated heterocycles. The summed E-state index contributed by atoms with van der Waals surface area (Å²) in [6, 6.07) is 2.05. The Balaban J connectivity index is 2.45. The number of sulfonamides is 1. The third kappa shape index (κ3) is 2.83. The van der Waals surface area contributed by atoms with Gasteiger partial charge >= 0.3 is 0 Å². The van der Waals surface area contributed by atoms with Gasteiger partial charge in [0.1, 0.15) is 0 Å². The van der Waals surface area contributed by atoms with E-state index in [1.54, 1.807) is 0 Å². The summed E-state index contributed by atoms with van der Waals surface area (Å²) in [5, 5.41) is 3.17. The Morgan fingerprint density at radius 2 is 1.74 bits per heavy atom. The third-order valence-corrected chi connectivity index (χ3v) is 5.74. The fraction of sp³-hybridized carbons (Fsp3) is 0.571. The highest BCUT2D eigenvalue weighted by Gasteiger charge is 2.26. The molecule has 4 nitrogen and oxygen atoms in total. The van der Waals surface area contributed by atoms with Crippen LogP contribution in [0.2, 0.25) is 0 Å². The van der Waals surface area contributed by atoms with Gasteiger partial charge in [0, 0.05) is 12.6 Å². The Bertz CT molecular complexity index is 562. The van der Waals surface area contributed by atoms with Crippen LogP contribution in [0.4, 0.5) is 0 Å². The van der Waals surface area contributed by atoms with Crippen LogP contribution in [0.5, 0.6) is 0 Å². The summed E-state index contributed by atoms with van der Waals surface area (Å²) in [7, 11) is -3.44. The maximum absolute atomic E-state index is 12.6. The second kappa shape index (κ2) is 5.23. The van der Waals surface area contributed by atoms with Crippen molar-refractivity contribution in [2.24, 2.45) is 0 Å². The molecule has 0 amide bonds. The number of benzene rings is 1. The van der Waals surface area contributed by atoms with E-state index in [-0.39, 0.29) is 6.04 Å². The van der Waals surface area contributed by atoms with Gasteiger partial charge < -0.3 is 5.32 Å². The van der Waals surface area contributed by atoms with E-state index in [9.17, 15) is 8.42 Å². The fourth-order valence-electron chi connectivity index (χ4n) is 2.62. The van der Waals surface area contributed by atoms with Gasteiger partial charge in [0.2, 0.25) is 10.0 Å². The number of hydrogen-bond acceptors (Lipinski definition) is 3. The van der Waals surface area contributed by atoms with E-state index in [1.165, 1.54) is 0 Å². The average Bonchev–Trinajstić information content (AvgIpc) is 2.78. The summed E-state index contributed by atoms with van der Waals surface area (Å²) < 4.78 is 28.0. The van der Waals surface area contributed by atoms with Crippen molar-refractivity contribution in [2.45, 2.75) is 45.1 Å². The van der Waals surface area contributed by atoms with E-state index in [0.29, 0.717) is 11.4 Å². The molecule has 1 aliphatic rings. The molecule has 19 heavy (non-hydrogen) atoms. The van der Waals surface area contributed by atoms with Crippen LogP contribution >= 0.6 is 0 Å². The first-order valence-corrected chi connectivity index (χ1v) is 8.11. The molecule has 1 fully saturated rings. The van der Waals surface area contributed by atoms with Crippen LogP contribution in [0.1, 0.15) is 28.7 Å². The molecule has 2 rings (SSSR count). The number of hydrogen-bond donors (Lipinski definition) is 2. The van der Waals surface area contributed by atoms with Crippen LogP contribution in [-0.4, -0.2) is 27.5 Å². The standard InChI is InChI=1S/C14H22N2O2S/c1-9-7-10(2)12(4)14(11(9)3)19(17,18)16-13-5-6-15-8-13/h7,13,15-16H,5-6,8H2,1-4H3. The van der Waals surface area contributed by atoms with Crippen LogP contribution in [-0.2, 0) is 10.0 Å². The van der Waals surface area contributed by atoms with Crippen molar-refractivity contribution >= 4 is 10.0 Å². The molecule has 5 heteroatoms. The molecule has 1 aromatic rings. The van der Waals surface area contributed by atoms with E-state index in [0.717, 1.165) is 35.2 Å². The van der Waals surface area contributed by atoms with Crippen molar-refractivity contribution in [3.05, 3.63) is 28.3 Å². The van der Waals surface area contributed by atoms with Gasteiger partial charge in [0.05, 0.1) is 4.90 Å². The minimum absolute atomic E-state index is 0.00428. The molecule has 1 aromatic carbocycles. The predicted octanol–water partition coefficient (Wildman–Crippen LogP) is 1.56. The number of nitrogens with one attached hydrogen (secondary N) is 2. The molecule has 1 heterocycles. The highest BCUT2D eigenvalue weighted by molar-refractivity contribution is 7.89. The Morgan fingerprint density at radius 3 is 2.21 bits per heavy atom. The lowest BCUT2D eigenvalue weighted by Crippen LogP contribution is -2.37. The van der Waals surface area contributed by atoms with Crippen LogP contribution in [0.15, 0.2) is 11.0 Å². The normalized spacial score (nSPS) is 19.9. The summed E-state index contributed by atoms with van der Waals surface area (Å²) in [4.78, 5) is 0.455. The zero-order valence-corrected chi connectivity index (χ0v) is 12.8. The molecule has 1 atom stereocenters. The summed E-state index contributed by atoms with van der Waals surface area (Å²) in [6.45, 7) is 9.25. The van der Waals surface area contributed by atoms with Gasteiger partial charge in [0.15, 0.2) is 0 Å². The van der Waals surface area contributed by atoms with Crippen molar-refractivity contribution < 1.29 is 8.42 Å². The Labute approximate surface area is 115 Å². The van der Waals surface area contributed by atoms with Crippen molar-refractivity contribution in [1.82, 2.24) is 10.0 Å². The van der Waals surface area contributed by atoms with E-state index >= 15 is 0 Å². The monoisotopic (exact) mass is 282 g/mol. The SMILES string of the molecule is Cc1cc(C)c(C)c(S(=O)(=O)NC2CCNC2)c1C. The largest absolute Gasteiger partial charge is 0.315 e. The van der Waals surface area contributed by atoms with Crippen molar-refractivity contribution in [3.63, 3.8) is 0 Å². The van der Waals surface area contributed by atoms with Gasteiger partial charge in [-0.2, -0.15) is 0 Å². The minimum atomic E-state index is -3.44. The molecular formula is C14H22N2O2S. The molecule has 0 radical (unpaired) electrons. The van der Waals surface area contributed by atoms with Crippen LogP contribution in [0.3, 0.4) is 0 Å². The van der Waals surface area contributed by atoms with Crippen LogP contribution in [0, 0.1) is 27.7 Å². The molecule has 0 spiro atoms. The molecule has 0 aliphatic carbocycles. The van der Waals surface area contributed by atoms with Crippen molar-refractivity contribution in [1.29, 1.82) is 0 Å². The first kappa shape index (κ1) is 14.5. The first-order valence-electron chi connectivity index (χ1n) is 6.63. The molecule has 106 valence electrons. The van der Waals surface area contributed by atoms with Crippen LogP contribution in [0.25, 0.3) is 0 Å². The minimum Gasteiger partial charge on any atom is -0.315 e. The molecule has 0 bridgehead atoms. The summed E-state index contributed by atoms with van der Waals surface area (Å²) in [5.41, 5.74) is 3.74. The Kier molecular flexibility index (Phi) is 3.99. The topological polar surface area (TPSA) is 58.2 Å². The number of rotatable bonds is 3. The highest BCUT2D eigenvalue weighted by atomic mass is 32.2. The summed E-state index contributed by atoms with van der Waals surface area (Å²) in [5.74, 6) is 0. The maximum Gasteiger partial charge on any atom is 0.241 e.